The van der Waals surface area contributed by atoms with Crippen molar-refractivity contribution in [2.24, 2.45) is 18.7 Å². The molecule has 5 aliphatic heterocycles. The summed E-state index contributed by atoms with van der Waals surface area (Å²) < 4.78 is 7.76. The lowest BCUT2D eigenvalue weighted by Gasteiger charge is -2.48. The SMILES string of the molecule is Cn1cc(Cc2nc(N3CCCC(N4CC5(CN(CC6CCN(c7ccc8c(c7)C(=O)N(C7CCC(=O)CC7=O)C8=O)CC6)C5)OC4=O)C3)cnc2C(N)=O)cn1. The van der Waals surface area contributed by atoms with E-state index >= 15 is 0 Å². The summed E-state index contributed by atoms with van der Waals surface area (Å²) in [7, 11) is 1.83. The molecular formula is C40H46N10O7. The minimum absolute atomic E-state index is 0.0421. The number of piperidine rings is 2. The fraction of sp³-hybridized carbons (Fsp3) is 0.525. The number of hydrogen-bond donors (Lipinski definition) is 1. The van der Waals surface area contributed by atoms with Gasteiger partial charge in [-0.25, -0.2) is 14.8 Å². The summed E-state index contributed by atoms with van der Waals surface area (Å²) >= 11 is 0. The summed E-state index contributed by atoms with van der Waals surface area (Å²) in [6.45, 7) is 5.79. The molecule has 4 saturated heterocycles. The van der Waals surface area contributed by atoms with Crippen LogP contribution in [0.15, 0.2) is 36.8 Å². The number of amides is 4. The molecule has 2 aromatic heterocycles. The van der Waals surface area contributed by atoms with Gasteiger partial charge in [-0.2, -0.15) is 5.10 Å². The molecule has 9 rings (SSSR count). The smallest absolute Gasteiger partial charge is 0.410 e. The molecule has 1 spiro atoms. The van der Waals surface area contributed by atoms with Gasteiger partial charge in [0.1, 0.15) is 17.3 Å². The number of Topliss-reactive ketones (excluding diaryl/α,β-unsaturated/α-hetero) is 2. The molecule has 0 radical (unpaired) electrons. The van der Waals surface area contributed by atoms with Gasteiger partial charge < -0.3 is 20.3 Å². The number of likely N-dealkylation sites (tertiary alicyclic amines) is 1. The van der Waals surface area contributed by atoms with Crippen molar-refractivity contribution < 1.29 is 33.5 Å². The third kappa shape index (κ3) is 6.91. The molecule has 1 saturated carbocycles. The largest absolute Gasteiger partial charge is 0.438 e. The van der Waals surface area contributed by atoms with Crippen LogP contribution in [0.5, 0.6) is 0 Å². The van der Waals surface area contributed by atoms with E-state index < -0.39 is 29.4 Å². The van der Waals surface area contributed by atoms with Crippen molar-refractivity contribution in [3.05, 3.63) is 64.9 Å². The fourth-order valence-corrected chi connectivity index (χ4v) is 9.66. The molecule has 0 bridgehead atoms. The monoisotopic (exact) mass is 778 g/mol. The molecular weight excluding hydrogens is 733 g/mol. The third-order valence-corrected chi connectivity index (χ3v) is 12.5. The summed E-state index contributed by atoms with van der Waals surface area (Å²) in [5.74, 6) is -0.971. The lowest BCUT2D eigenvalue weighted by molar-refractivity contribution is -0.132. The molecule has 7 heterocycles. The zero-order chi connectivity index (χ0) is 39.6. The van der Waals surface area contributed by atoms with Crippen molar-refractivity contribution in [2.75, 3.05) is 62.2 Å². The number of carbonyl (C=O) groups is 6. The first kappa shape index (κ1) is 36.9. The standard InChI is InChI=1S/C40H46N10O7/c1-45-18-25(16-43-45)13-31-35(36(41)53)42-17-34(44-31)48-10-2-3-27(20-48)49-23-40(57-39(49)56)21-46(22-40)19-24-8-11-47(12-9-24)26-4-6-29-30(14-26)38(55)50(37(29)54)32-7-5-28(51)15-33(32)52/h4,6,14,16-18,24,27,32H,2-3,5,7-13,15,19-23H2,1H3,(H2,41,53). The van der Waals surface area contributed by atoms with E-state index in [2.05, 4.69) is 24.8 Å². The van der Waals surface area contributed by atoms with Crippen LogP contribution >= 0.6 is 0 Å². The summed E-state index contributed by atoms with van der Waals surface area (Å²) in [6, 6.07) is 4.41. The highest BCUT2D eigenvalue weighted by molar-refractivity contribution is 6.24. The van der Waals surface area contributed by atoms with Crippen LogP contribution in [0, 0.1) is 5.92 Å². The number of anilines is 2. The predicted octanol–water partition coefficient (Wildman–Crippen LogP) is 1.58. The molecule has 2 N–H and O–H groups in total. The Balaban J connectivity index is 0.768. The molecule has 17 nitrogen and oxygen atoms in total. The molecule has 5 fully saturated rings. The van der Waals surface area contributed by atoms with Crippen LogP contribution in [0.1, 0.15) is 87.4 Å². The second-order valence-electron chi connectivity index (χ2n) is 16.6. The van der Waals surface area contributed by atoms with E-state index in [1.54, 1.807) is 29.2 Å². The van der Waals surface area contributed by atoms with Crippen LogP contribution in [0.4, 0.5) is 16.3 Å². The van der Waals surface area contributed by atoms with Crippen molar-refractivity contribution in [3.8, 4) is 0 Å². The van der Waals surface area contributed by atoms with Gasteiger partial charge >= 0.3 is 6.09 Å². The lowest BCUT2D eigenvalue weighted by Crippen LogP contribution is -2.65. The Morgan fingerprint density at radius 1 is 0.947 bits per heavy atom. The zero-order valence-electron chi connectivity index (χ0n) is 32.0. The minimum atomic E-state index is -0.878. The van der Waals surface area contributed by atoms with Gasteiger partial charge in [0.05, 0.1) is 54.3 Å². The van der Waals surface area contributed by atoms with Crippen LogP contribution < -0.4 is 15.5 Å². The number of aromatic nitrogens is 4. The number of carbonyl (C=O) groups excluding carboxylic acids is 6. The van der Waals surface area contributed by atoms with E-state index in [4.69, 9.17) is 15.5 Å². The van der Waals surface area contributed by atoms with Gasteiger partial charge in [-0.15, -0.1) is 0 Å². The van der Waals surface area contributed by atoms with Gasteiger partial charge in [0.2, 0.25) is 0 Å². The number of hydrogen-bond acceptors (Lipinski definition) is 13. The van der Waals surface area contributed by atoms with Gasteiger partial charge in [0.15, 0.2) is 11.4 Å². The predicted molar refractivity (Wildman–Crippen MR) is 204 cm³/mol. The lowest BCUT2D eigenvalue weighted by atomic mass is 9.89. The van der Waals surface area contributed by atoms with E-state index in [9.17, 15) is 28.8 Å². The minimum Gasteiger partial charge on any atom is -0.438 e. The molecule has 17 heteroatoms. The molecule has 4 amide bonds. The molecule has 3 aromatic rings. The first-order chi connectivity index (χ1) is 27.4. The number of nitrogens with two attached hydrogens (primary N) is 1. The van der Waals surface area contributed by atoms with E-state index in [0.717, 1.165) is 68.0 Å². The number of benzene rings is 1. The van der Waals surface area contributed by atoms with Crippen molar-refractivity contribution >= 4 is 46.9 Å². The number of imide groups is 1. The highest BCUT2D eigenvalue weighted by Crippen LogP contribution is 2.38. The van der Waals surface area contributed by atoms with Gasteiger partial charge in [-0.1, -0.05) is 0 Å². The maximum atomic E-state index is 13.4. The highest BCUT2D eigenvalue weighted by Gasteiger charge is 2.55. The second-order valence-corrected chi connectivity index (χ2v) is 16.6. The first-order valence-electron chi connectivity index (χ1n) is 19.8. The summed E-state index contributed by atoms with van der Waals surface area (Å²) in [5, 5.41) is 4.22. The third-order valence-electron chi connectivity index (χ3n) is 12.5. The van der Waals surface area contributed by atoms with E-state index in [-0.39, 0.29) is 48.7 Å². The Bertz CT molecular complexity index is 2170. The number of primary amides is 1. The van der Waals surface area contributed by atoms with E-state index in [1.807, 2.05) is 24.2 Å². The number of nitrogens with zero attached hydrogens (tertiary/aromatic N) is 9. The zero-order valence-corrected chi connectivity index (χ0v) is 32.0. The summed E-state index contributed by atoms with van der Waals surface area (Å²) in [4.78, 5) is 95.2. The summed E-state index contributed by atoms with van der Waals surface area (Å²) in [6.07, 6.45) is 9.06. The van der Waals surface area contributed by atoms with Crippen molar-refractivity contribution in [3.63, 3.8) is 0 Å². The van der Waals surface area contributed by atoms with Crippen LogP contribution in [0.2, 0.25) is 0 Å². The van der Waals surface area contributed by atoms with Crippen LogP contribution in [0.25, 0.3) is 0 Å². The molecule has 2 atom stereocenters. The average Bonchev–Trinajstić information content (AvgIpc) is 3.84. The van der Waals surface area contributed by atoms with Crippen LogP contribution in [0.3, 0.4) is 0 Å². The number of aryl methyl sites for hydroxylation is 1. The van der Waals surface area contributed by atoms with Crippen molar-refractivity contribution in [1.82, 2.24) is 34.4 Å². The Labute approximate surface area is 329 Å². The normalized spacial score (nSPS) is 24.1. The quantitative estimate of drug-likeness (QED) is 0.243. The van der Waals surface area contributed by atoms with Crippen molar-refractivity contribution in [2.45, 2.75) is 69.1 Å². The number of rotatable bonds is 9. The summed E-state index contributed by atoms with van der Waals surface area (Å²) in [5.41, 5.74) is 8.14. The van der Waals surface area contributed by atoms with Gasteiger partial charge in [-0.3, -0.25) is 43.4 Å². The molecule has 6 aliphatic rings. The topological polar surface area (TPSA) is 197 Å². The van der Waals surface area contributed by atoms with E-state index in [0.29, 0.717) is 61.2 Å². The van der Waals surface area contributed by atoms with Crippen LogP contribution in [-0.4, -0.2) is 140 Å². The molecule has 57 heavy (non-hydrogen) atoms. The number of fused-ring (bicyclic) bond motifs is 1. The van der Waals surface area contributed by atoms with E-state index in [1.165, 1.54) is 0 Å². The van der Waals surface area contributed by atoms with Crippen LogP contribution in [-0.2, 0) is 27.8 Å². The second kappa shape index (κ2) is 14.3. The molecule has 298 valence electrons. The maximum absolute atomic E-state index is 13.4. The fourth-order valence-electron chi connectivity index (χ4n) is 9.66. The van der Waals surface area contributed by atoms with Gasteiger partial charge in [0.25, 0.3) is 17.7 Å². The number of ketones is 2. The van der Waals surface area contributed by atoms with Gasteiger partial charge in [0, 0.05) is 77.6 Å². The Kier molecular flexibility index (Phi) is 9.29. The first-order valence-corrected chi connectivity index (χ1v) is 19.8. The average molecular weight is 779 g/mol. The maximum Gasteiger partial charge on any atom is 0.410 e. The Morgan fingerprint density at radius 3 is 2.47 bits per heavy atom. The molecule has 2 unspecified atom stereocenters. The Morgan fingerprint density at radius 2 is 1.74 bits per heavy atom. The van der Waals surface area contributed by atoms with Gasteiger partial charge in [-0.05, 0) is 61.8 Å². The highest BCUT2D eigenvalue weighted by atomic mass is 16.6. The molecule has 1 aliphatic carbocycles. The van der Waals surface area contributed by atoms with Crippen molar-refractivity contribution in [1.29, 1.82) is 0 Å². The number of ether oxygens (including phenoxy) is 1. The molecule has 1 aromatic carbocycles. The Hall–Kier alpha value is -5.71.